The van der Waals surface area contributed by atoms with Crippen LogP contribution in [0.3, 0.4) is 0 Å². The second-order valence-electron chi connectivity index (χ2n) is 20.6. The predicted octanol–water partition coefficient (Wildman–Crippen LogP) is 13.1. The van der Waals surface area contributed by atoms with Crippen LogP contribution in [0, 0.1) is 34.5 Å². The van der Waals surface area contributed by atoms with Crippen molar-refractivity contribution in [2.75, 3.05) is 0 Å². The summed E-state index contributed by atoms with van der Waals surface area (Å²) in [6, 6.07) is 25.2. The molecule has 10 atom stereocenters. The molecular weight excluding hydrogens is 683 g/mol. The van der Waals surface area contributed by atoms with E-state index in [0.29, 0.717) is 34.5 Å². The first-order valence-electron chi connectivity index (χ1n) is 22.0. The Morgan fingerprint density at radius 2 is 1.11 bits per heavy atom. The quantitative estimate of drug-likeness (QED) is 0.169. The first kappa shape index (κ1) is 28.4. The summed E-state index contributed by atoms with van der Waals surface area (Å²) in [7, 11) is 0. The molecular formula is C52H41N3O. The van der Waals surface area contributed by atoms with Crippen LogP contribution in [0.2, 0.25) is 0 Å². The molecule has 2 spiro atoms. The van der Waals surface area contributed by atoms with Gasteiger partial charge in [-0.05, 0) is 162 Å². The minimum atomic E-state index is 0.594. The van der Waals surface area contributed by atoms with Crippen molar-refractivity contribution >= 4 is 70.8 Å². The van der Waals surface area contributed by atoms with Gasteiger partial charge >= 0.3 is 0 Å². The lowest BCUT2D eigenvalue weighted by Crippen LogP contribution is -2.41. The van der Waals surface area contributed by atoms with Gasteiger partial charge in [0.05, 0.1) is 28.9 Å². The highest BCUT2D eigenvalue weighted by Crippen LogP contribution is 2.78. The van der Waals surface area contributed by atoms with Crippen LogP contribution < -0.4 is 0 Å². The number of pyridine rings is 2. The summed E-state index contributed by atoms with van der Waals surface area (Å²) in [4.78, 5) is 11.1. The van der Waals surface area contributed by atoms with E-state index in [1.807, 2.05) is 0 Å². The standard InChI is InChI=1S/C52H41N3O/c1-2-6-34-24(5-1)13-36-35-7-3-4-8-41(35)56-50(36)42(34)25-14-37-45-39(22-53-47-28-11-32-16-30-9-26(43(45)47)18-51(30,32)20-28)55-40-23-54-48-29-12-33-17-31-10-27(19-52(31,33)21-29)44(48)46(40)38(15-25)49(37)55/h1-8,13-15,22-23,26-33H,9-12,16-21H2. The third kappa shape index (κ3) is 2.86. The first-order chi connectivity index (χ1) is 27.6. The lowest BCUT2D eigenvalue weighted by atomic mass is 9.56. The number of furan rings is 1. The molecule has 270 valence electrons. The van der Waals surface area contributed by atoms with Gasteiger partial charge < -0.3 is 8.82 Å². The van der Waals surface area contributed by atoms with Gasteiger partial charge in [0.25, 0.3) is 0 Å². The number of fused-ring (bicyclic) bond motifs is 22. The van der Waals surface area contributed by atoms with Crippen molar-refractivity contribution in [3.63, 3.8) is 0 Å². The van der Waals surface area contributed by atoms with Crippen LogP contribution in [0.5, 0.6) is 0 Å². The highest BCUT2D eigenvalue weighted by Gasteiger charge is 2.67. The van der Waals surface area contributed by atoms with Crippen molar-refractivity contribution in [2.45, 2.75) is 87.9 Å². The van der Waals surface area contributed by atoms with Crippen molar-refractivity contribution in [2.24, 2.45) is 34.5 Å². The maximum atomic E-state index is 6.95. The summed E-state index contributed by atoms with van der Waals surface area (Å²) in [6.45, 7) is 0. The van der Waals surface area contributed by atoms with Gasteiger partial charge in [-0.1, -0.05) is 42.5 Å². The fourth-order valence-corrected chi connectivity index (χ4v) is 17.2. The minimum absolute atomic E-state index is 0.594. The summed E-state index contributed by atoms with van der Waals surface area (Å²) >= 11 is 0. The average molecular weight is 724 g/mol. The molecule has 0 N–H and O–H groups in total. The molecule has 17 rings (SSSR count). The third-order valence-electron chi connectivity index (χ3n) is 19.1. The summed E-state index contributed by atoms with van der Waals surface area (Å²) < 4.78 is 9.60. The van der Waals surface area contributed by atoms with E-state index in [2.05, 4.69) is 83.5 Å². The summed E-state index contributed by atoms with van der Waals surface area (Å²) in [5.41, 5.74) is 15.9. The molecule has 56 heavy (non-hydrogen) atoms. The Labute approximate surface area is 323 Å². The zero-order valence-electron chi connectivity index (χ0n) is 31.4. The fourth-order valence-electron chi connectivity index (χ4n) is 17.2. The normalized spacial score (nSPS) is 35.3. The summed E-state index contributed by atoms with van der Waals surface area (Å²) in [5.74, 6) is 6.20. The molecule has 4 nitrogen and oxygen atoms in total. The van der Waals surface area contributed by atoms with Crippen LogP contribution >= 0.6 is 0 Å². The highest BCUT2D eigenvalue weighted by molar-refractivity contribution is 6.27. The second kappa shape index (κ2) is 8.79. The van der Waals surface area contributed by atoms with Gasteiger partial charge in [-0.3, -0.25) is 9.97 Å². The molecule has 4 heteroatoms. The van der Waals surface area contributed by atoms with Crippen molar-refractivity contribution in [1.29, 1.82) is 0 Å². The van der Waals surface area contributed by atoms with E-state index in [4.69, 9.17) is 14.4 Å². The van der Waals surface area contributed by atoms with Gasteiger partial charge in [-0.25, -0.2) is 0 Å². The van der Waals surface area contributed by atoms with Gasteiger partial charge in [-0.15, -0.1) is 0 Å². The van der Waals surface area contributed by atoms with E-state index in [-0.39, 0.29) is 0 Å². The SMILES string of the molecule is c1ccc2c(-c3cc4c5c6c(ncc5n5c7cnc8c(c7c(c3)c45)C3CC4CC5CC8CC54C3)C3CC4CC5CC6CC45C3)c3oc4ccccc4c3cc2c1. The maximum absolute atomic E-state index is 6.95. The number of hydrogen-bond donors (Lipinski definition) is 0. The van der Waals surface area contributed by atoms with E-state index in [1.54, 1.807) is 11.1 Å². The molecule has 0 amide bonds. The van der Waals surface area contributed by atoms with Crippen molar-refractivity contribution in [3.05, 3.63) is 102 Å². The molecule has 4 aromatic carbocycles. The molecule has 5 heterocycles. The summed E-state index contributed by atoms with van der Waals surface area (Å²) in [6.07, 6.45) is 18.5. The van der Waals surface area contributed by atoms with Crippen LogP contribution in [0.1, 0.15) is 110 Å². The lowest BCUT2D eigenvalue weighted by Gasteiger charge is -2.48. The number of para-hydroxylation sites is 1. The van der Waals surface area contributed by atoms with Gasteiger partial charge in [0.2, 0.25) is 0 Å². The summed E-state index contributed by atoms with van der Waals surface area (Å²) in [5, 5.41) is 10.8. The smallest absolute Gasteiger partial charge is 0.143 e. The number of benzene rings is 4. The van der Waals surface area contributed by atoms with Gasteiger partial charge in [0, 0.05) is 61.1 Å². The van der Waals surface area contributed by atoms with Crippen LogP contribution in [0.4, 0.5) is 0 Å². The number of hydrogen-bond acceptors (Lipinski definition) is 3. The van der Waals surface area contributed by atoms with Crippen LogP contribution in [-0.4, -0.2) is 14.4 Å². The molecule has 0 saturated heterocycles. The Balaban J connectivity index is 1.06. The lowest BCUT2D eigenvalue weighted by molar-refractivity contribution is 0.00321. The second-order valence-corrected chi connectivity index (χ2v) is 20.6. The monoisotopic (exact) mass is 723 g/mol. The largest absolute Gasteiger partial charge is 0.455 e. The Kier molecular flexibility index (Phi) is 4.46. The van der Waals surface area contributed by atoms with Gasteiger partial charge in [0.15, 0.2) is 0 Å². The first-order valence-corrected chi connectivity index (χ1v) is 22.0. The third-order valence-corrected chi connectivity index (χ3v) is 19.1. The number of rotatable bonds is 1. The molecule has 0 radical (unpaired) electrons. The molecule has 0 aliphatic heterocycles. The van der Waals surface area contributed by atoms with Crippen LogP contribution in [-0.2, 0) is 0 Å². The van der Waals surface area contributed by atoms with Crippen LogP contribution in [0.25, 0.3) is 81.9 Å². The Hall–Kier alpha value is -4.96. The highest BCUT2D eigenvalue weighted by atomic mass is 16.3. The zero-order chi connectivity index (χ0) is 35.6. The van der Waals surface area contributed by atoms with Crippen LogP contribution in [0.15, 0.2) is 83.5 Å². The van der Waals surface area contributed by atoms with Crippen molar-refractivity contribution in [1.82, 2.24) is 14.4 Å². The van der Waals surface area contributed by atoms with E-state index in [9.17, 15) is 0 Å². The Morgan fingerprint density at radius 3 is 1.75 bits per heavy atom. The molecule has 5 aromatic heterocycles. The zero-order valence-corrected chi connectivity index (χ0v) is 31.4. The number of aromatic nitrogens is 3. The fraction of sp³-hybridized carbons (Fsp3) is 0.385. The van der Waals surface area contributed by atoms with Gasteiger partial charge in [0.1, 0.15) is 11.2 Å². The van der Waals surface area contributed by atoms with Gasteiger partial charge in [-0.2, -0.15) is 0 Å². The molecule has 6 fully saturated rings. The maximum Gasteiger partial charge on any atom is 0.143 e. The molecule has 8 aliphatic carbocycles. The topological polar surface area (TPSA) is 43.3 Å². The minimum Gasteiger partial charge on any atom is -0.455 e. The van der Waals surface area contributed by atoms with E-state index >= 15 is 0 Å². The predicted molar refractivity (Wildman–Crippen MR) is 223 cm³/mol. The van der Waals surface area contributed by atoms with E-state index < -0.39 is 0 Å². The molecule has 6 saturated carbocycles. The van der Waals surface area contributed by atoms with Crippen molar-refractivity contribution < 1.29 is 4.42 Å². The molecule has 6 bridgehead atoms. The Bertz CT molecular complexity index is 3230. The van der Waals surface area contributed by atoms with E-state index in [1.165, 1.54) is 146 Å². The molecule has 8 aliphatic rings. The number of nitrogens with zero attached hydrogens (tertiary/aromatic N) is 3. The molecule has 9 aromatic rings. The molecule has 10 unspecified atom stereocenters. The average Bonchev–Trinajstić information content (AvgIpc) is 4.05. The van der Waals surface area contributed by atoms with E-state index in [0.717, 1.165) is 34.8 Å². The Morgan fingerprint density at radius 1 is 0.554 bits per heavy atom. The van der Waals surface area contributed by atoms with Crippen molar-refractivity contribution in [3.8, 4) is 11.1 Å².